The van der Waals surface area contributed by atoms with Gasteiger partial charge in [-0.15, -0.1) is 0 Å². The van der Waals surface area contributed by atoms with Crippen LogP contribution in [-0.2, 0) is 6.61 Å². The van der Waals surface area contributed by atoms with Crippen molar-refractivity contribution in [2.45, 2.75) is 6.61 Å². The fourth-order valence-corrected chi connectivity index (χ4v) is 2.77. The standard InChI is InChI=1S/C23H20FN3O4/c1-30-20-11-6-15(13-26-27-23(29)16-7-9-18(24)10-8-16)12-17(20)14-31-21-5-3-2-4-19(21)22(25)28/h2-13H,14H2,1H3,(H2,25,28)(H,27,29). The maximum Gasteiger partial charge on any atom is 0.271 e. The number of nitrogens with two attached hydrogens (primary N) is 1. The molecule has 0 radical (unpaired) electrons. The SMILES string of the molecule is COc1ccc(C=NNC(=O)c2ccc(F)cc2)cc1COc1ccccc1C(N)=O. The van der Waals surface area contributed by atoms with Crippen molar-refractivity contribution in [3.63, 3.8) is 0 Å². The number of primary amides is 1. The number of halogens is 1. The van der Waals surface area contributed by atoms with Gasteiger partial charge in [-0.1, -0.05) is 12.1 Å². The minimum absolute atomic E-state index is 0.122. The van der Waals surface area contributed by atoms with Gasteiger partial charge in [0.15, 0.2) is 0 Å². The van der Waals surface area contributed by atoms with Gasteiger partial charge in [0.25, 0.3) is 11.8 Å². The summed E-state index contributed by atoms with van der Waals surface area (Å²) in [5, 5.41) is 3.93. The molecule has 7 nitrogen and oxygen atoms in total. The first-order valence-electron chi connectivity index (χ1n) is 9.25. The molecule has 2 amide bonds. The van der Waals surface area contributed by atoms with Gasteiger partial charge in [0, 0.05) is 11.1 Å². The maximum atomic E-state index is 13.0. The molecule has 31 heavy (non-hydrogen) atoms. The van der Waals surface area contributed by atoms with Gasteiger partial charge >= 0.3 is 0 Å². The van der Waals surface area contributed by atoms with E-state index in [-0.39, 0.29) is 17.7 Å². The van der Waals surface area contributed by atoms with Gasteiger partial charge in [0.05, 0.1) is 18.9 Å². The van der Waals surface area contributed by atoms with E-state index in [1.165, 1.54) is 37.6 Å². The minimum Gasteiger partial charge on any atom is -0.496 e. The molecule has 0 aliphatic rings. The Morgan fingerprint density at radius 1 is 1.06 bits per heavy atom. The quantitative estimate of drug-likeness (QED) is 0.430. The summed E-state index contributed by atoms with van der Waals surface area (Å²) in [6.45, 7) is 0.122. The Hall–Kier alpha value is -4.20. The highest BCUT2D eigenvalue weighted by Gasteiger charge is 2.11. The zero-order valence-electron chi connectivity index (χ0n) is 16.7. The largest absolute Gasteiger partial charge is 0.496 e. The van der Waals surface area contributed by atoms with Crippen LogP contribution in [0.3, 0.4) is 0 Å². The Morgan fingerprint density at radius 3 is 2.52 bits per heavy atom. The molecule has 3 N–H and O–H groups in total. The molecule has 0 spiro atoms. The Bertz CT molecular complexity index is 1110. The van der Waals surface area contributed by atoms with Crippen molar-refractivity contribution in [2.24, 2.45) is 10.8 Å². The molecule has 3 aromatic rings. The Labute approximate surface area is 178 Å². The number of nitrogens with zero attached hydrogens (tertiary/aromatic N) is 1. The topological polar surface area (TPSA) is 103 Å². The Morgan fingerprint density at radius 2 is 1.81 bits per heavy atom. The van der Waals surface area contributed by atoms with Crippen molar-refractivity contribution in [3.8, 4) is 11.5 Å². The molecule has 0 unspecified atom stereocenters. The van der Waals surface area contributed by atoms with Crippen LogP contribution in [0.5, 0.6) is 11.5 Å². The summed E-state index contributed by atoms with van der Waals surface area (Å²) < 4.78 is 24.1. The van der Waals surface area contributed by atoms with E-state index in [9.17, 15) is 14.0 Å². The van der Waals surface area contributed by atoms with E-state index in [4.69, 9.17) is 15.2 Å². The van der Waals surface area contributed by atoms with Crippen LogP contribution in [0, 0.1) is 5.82 Å². The lowest BCUT2D eigenvalue weighted by Crippen LogP contribution is -2.17. The van der Waals surface area contributed by atoms with Gasteiger partial charge < -0.3 is 15.2 Å². The van der Waals surface area contributed by atoms with Crippen LogP contribution in [0.15, 0.2) is 71.8 Å². The van der Waals surface area contributed by atoms with E-state index in [2.05, 4.69) is 10.5 Å². The Kier molecular flexibility index (Phi) is 6.95. The number of carbonyl (C=O) groups excluding carboxylic acids is 2. The fourth-order valence-electron chi connectivity index (χ4n) is 2.77. The van der Waals surface area contributed by atoms with Crippen molar-refractivity contribution in [2.75, 3.05) is 7.11 Å². The molecule has 3 rings (SSSR count). The number of nitrogens with one attached hydrogen (secondary N) is 1. The van der Waals surface area contributed by atoms with Crippen molar-refractivity contribution >= 4 is 18.0 Å². The van der Waals surface area contributed by atoms with Crippen molar-refractivity contribution in [1.29, 1.82) is 0 Å². The highest BCUT2D eigenvalue weighted by atomic mass is 19.1. The number of methoxy groups -OCH3 is 1. The van der Waals surface area contributed by atoms with Crippen molar-refractivity contribution < 1.29 is 23.5 Å². The summed E-state index contributed by atoms with van der Waals surface area (Å²) in [4.78, 5) is 23.6. The van der Waals surface area contributed by atoms with E-state index >= 15 is 0 Å². The highest BCUT2D eigenvalue weighted by molar-refractivity contribution is 5.95. The third-order valence-corrected chi connectivity index (χ3v) is 4.33. The number of hydrogen-bond acceptors (Lipinski definition) is 5. The zero-order chi connectivity index (χ0) is 22.2. The first-order valence-corrected chi connectivity index (χ1v) is 9.25. The number of carbonyl (C=O) groups is 2. The summed E-state index contributed by atoms with van der Waals surface area (Å²) >= 11 is 0. The Balaban J connectivity index is 1.70. The van der Waals surface area contributed by atoms with E-state index in [1.807, 2.05) is 0 Å². The average molecular weight is 421 g/mol. The maximum absolute atomic E-state index is 13.0. The molecule has 0 fully saturated rings. The highest BCUT2D eigenvalue weighted by Crippen LogP contribution is 2.23. The number of rotatable bonds is 8. The third kappa shape index (κ3) is 5.66. The molecule has 0 bridgehead atoms. The lowest BCUT2D eigenvalue weighted by Gasteiger charge is -2.12. The summed E-state index contributed by atoms with van der Waals surface area (Å²) in [5.41, 5.74) is 9.72. The van der Waals surface area contributed by atoms with Gasteiger partial charge in [-0.25, -0.2) is 9.82 Å². The molecule has 158 valence electrons. The molecular weight excluding hydrogens is 401 g/mol. The molecule has 0 heterocycles. The predicted molar refractivity (Wildman–Crippen MR) is 114 cm³/mol. The number of hydrazone groups is 1. The predicted octanol–water partition coefficient (Wildman–Crippen LogP) is 3.28. The van der Waals surface area contributed by atoms with Crippen LogP contribution in [0.2, 0.25) is 0 Å². The monoisotopic (exact) mass is 421 g/mol. The van der Waals surface area contributed by atoms with E-state index in [1.54, 1.807) is 42.5 Å². The first kappa shape index (κ1) is 21.5. The molecule has 0 aliphatic carbocycles. The second kappa shape index (κ2) is 10.0. The van der Waals surface area contributed by atoms with Gasteiger partial charge in [0.1, 0.15) is 23.9 Å². The lowest BCUT2D eigenvalue weighted by molar-refractivity contribution is 0.0953. The number of benzene rings is 3. The zero-order valence-corrected chi connectivity index (χ0v) is 16.7. The van der Waals surface area contributed by atoms with Gasteiger partial charge in [-0.3, -0.25) is 9.59 Å². The van der Waals surface area contributed by atoms with Crippen LogP contribution in [0.1, 0.15) is 31.8 Å². The fraction of sp³-hybridized carbons (Fsp3) is 0.0870. The number of amides is 2. The summed E-state index contributed by atoms with van der Waals surface area (Å²) in [6.07, 6.45) is 1.46. The summed E-state index contributed by atoms with van der Waals surface area (Å²) in [7, 11) is 1.53. The third-order valence-electron chi connectivity index (χ3n) is 4.33. The van der Waals surface area contributed by atoms with Crippen molar-refractivity contribution in [3.05, 3.63) is 94.8 Å². The molecule has 8 heteroatoms. The first-order chi connectivity index (χ1) is 15.0. The van der Waals surface area contributed by atoms with E-state index in [0.29, 0.717) is 22.6 Å². The number of ether oxygens (including phenoxy) is 2. The normalized spacial score (nSPS) is 10.6. The smallest absolute Gasteiger partial charge is 0.271 e. The molecule has 3 aromatic carbocycles. The van der Waals surface area contributed by atoms with Crippen LogP contribution in [0.4, 0.5) is 4.39 Å². The average Bonchev–Trinajstić information content (AvgIpc) is 2.78. The second-order valence-electron chi connectivity index (χ2n) is 6.43. The van der Waals surface area contributed by atoms with E-state index in [0.717, 1.165) is 0 Å². The van der Waals surface area contributed by atoms with Crippen LogP contribution >= 0.6 is 0 Å². The van der Waals surface area contributed by atoms with Gasteiger partial charge in [-0.2, -0.15) is 5.10 Å². The molecule has 0 saturated heterocycles. The van der Waals surface area contributed by atoms with Crippen molar-refractivity contribution in [1.82, 2.24) is 5.43 Å². The molecular formula is C23H20FN3O4. The summed E-state index contributed by atoms with van der Waals surface area (Å²) in [5.74, 6) is -0.519. The molecule has 0 atom stereocenters. The number of para-hydroxylation sites is 1. The van der Waals surface area contributed by atoms with Gasteiger partial charge in [-0.05, 0) is 60.2 Å². The molecule has 0 aromatic heterocycles. The second-order valence-corrected chi connectivity index (χ2v) is 6.43. The van der Waals surface area contributed by atoms with Crippen LogP contribution < -0.4 is 20.6 Å². The van der Waals surface area contributed by atoms with Crippen LogP contribution in [0.25, 0.3) is 0 Å². The molecule has 0 saturated carbocycles. The van der Waals surface area contributed by atoms with E-state index < -0.39 is 17.6 Å². The minimum atomic E-state index is -0.583. The van der Waals surface area contributed by atoms with Gasteiger partial charge in [0.2, 0.25) is 0 Å². The molecule has 0 aliphatic heterocycles. The van der Waals surface area contributed by atoms with Crippen LogP contribution in [-0.4, -0.2) is 25.1 Å². The summed E-state index contributed by atoms with van der Waals surface area (Å²) in [6, 6.07) is 17.1. The lowest BCUT2D eigenvalue weighted by atomic mass is 10.1. The number of hydrogen-bond donors (Lipinski definition) is 2.